The molecule has 6 nitrogen and oxygen atoms in total. The second kappa shape index (κ2) is 8.29. The monoisotopic (exact) mass is 350 g/mol. The highest BCUT2D eigenvalue weighted by Crippen LogP contribution is 2.16. The van der Waals surface area contributed by atoms with Gasteiger partial charge in [-0.05, 0) is 24.6 Å². The van der Waals surface area contributed by atoms with Crippen molar-refractivity contribution in [3.05, 3.63) is 77.0 Å². The molecule has 6 heteroatoms. The van der Waals surface area contributed by atoms with Crippen molar-refractivity contribution < 1.29 is 9.21 Å². The molecule has 3 rings (SSSR count). The van der Waals surface area contributed by atoms with E-state index in [0.717, 1.165) is 11.3 Å². The van der Waals surface area contributed by atoms with E-state index in [2.05, 4.69) is 20.8 Å². The summed E-state index contributed by atoms with van der Waals surface area (Å²) in [6.07, 6.45) is 0.699. The average Bonchev–Trinajstić information content (AvgIpc) is 3.14. The van der Waals surface area contributed by atoms with Crippen LogP contribution in [0.25, 0.3) is 0 Å². The zero-order valence-corrected chi connectivity index (χ0v) is 15.0. The van der Waals surface area contributed by atoms with Gasteiger partial charge in [-0.2, -0.15) is 0 Å². The van der Waals surface area contributed by atoms with Crippen LogP contribution in [0.1, 0.15) is 40.2 Å². The van der Waals surface area contributed by atoms with E-state index in [1.54, 1.807) is 6.07 Å². The van der Waals surface area contributed by atoms with Gasteiger partial charge < -0.3 is 15.1 Å². The maximum absolute atomic E-state index is 12.6. The fourth-order valence-electron chi connectivity index (χ4n) is 2.49. The third kappa shape index (κ3) is 4.47. The van der Waals surface area contributed by atoms with Crippen LogP contribution in [0.5, 0.6) is 0 Å². The first kappa shape index (κ1) is 17.7. The SMILES string of the molecule is CCc1nnc(CNc2ccccc2C(=O)NCc2ccc(C)cc2)o1. The first-order valence-corrected chi connectivity index (χ1v) is 8.63. The number of amides is 1. The smallest absolute Gasteiger partial charge is 0.253 e. The van der Waals surface area contributed by atoms with Gasteiger partial charge in [0.15, 0.2) is 0 Å². The van der Waals surface area contributed by atoms with Gasteiger partial charge in [-0.1, -0.05) is 48.9 Å². The molecule has 0 saturated heterocycles. The average molecular weight is 350 g/mol. The summed E-state index contributed by atoms with van der Waals surface area (Å²) in [6, 6.07) is 15.5. The van der Waals surface area contributed by atoms with Crippen LogP contribution >= 0.6 is 0 Å². The Balaban J connectivity index is 1.63. The van der Waals surface area contributed by atoms with E-state index >= 15 is 0 Å². The van der Waals surface area contributed by atoms with Gasteiger partial charge in [0.1, 0.15) is 0 Å². The highest BCUT2D eigenvalue weighted by molar-refractivity contribution is 5.99. The highest BCUT2D eigenvalue weighted by atomic mass is 16.4. The molecule has 1 heterocycles. The van der Waals surface area contributed by atoms with E-state index < -0.39 is 0 Å². The third-order valence-electron chi connectivity index (χ3n) is 3.99. The molecule has 26 heavy (non-hydrogen) atoms. The fraction of sp³-hybridized carbons (Fsp3) is 0.250. The summed E-state index contributed by atoms with van der Waals surface area (Å²) in [4.78, 5) is 12.6. The summed E-state index contributed by atoms with van der Waals surface area (Å²) in [5.74, 6) is 0.969. The Morgan fingerprint density at radius 2 is 1.73 bits per heavy atom. The molecular weight excluding hydrogens is 328 g/mol. The van der Waals surface area contributed by atoms with E-state index in [-0.39, 0.29) is 5.91 Å². The number of aromatic nitrogens is 2. The Bertz CT molecular complexity index is 872. The van der Waals surface area contributed by atoms with Gasteiger partial charge in [0, 0.05) is 18.7 Å². The van der Waals surface area contributed by atoms with Gasteiger partial charge in [-0.25, -0.2) is 0 Å². The Morgan fingerprint density at radius 1 is 1.00 bits per heavy atom. The normalized spacial score (nSPS) is 10.5. The number of hydrogen-bond acceptors (Lipinski definition) is 5. The molecule has 134 valence electrons. The number of aryl methyl sites for hydroxylation is 2. The Kier molecular flexibility index (Phi) is 5.63. The lowest BCUT2D eigenvalue weighted by Crippen LogP contribution is -2.24. The van der Waals surface area contributed by atoms with Crippen molar-refractivity contribution >= 4 is 11.6 Å². The minimum Gasteiger partial charge on any atom is -0.423 e. The second-order valence-corrected chi connectivity index (χ2v) is 6.01. The molecule has 0 aliphatic heterocycles. The predicted molar refractivity (Wildman–Crippen MR) is 99.8 cm³/mol. The molecule has 1 aromatic heterocycles. The summed E-state index contributed by atoms with van der Waals surface area (Å²) in [7, 11) is 0. The molecule has 0 aliphatic rings. The zero-order valence-electron chi connectivity index (χ0n) is 15.0. The maximum atomic E-state index is 12.6. The van der Waals surface area contributed by atoms with Crippen molar-refractivity contribution in [3.8, 4) is 0 Å². The lowest BCUT2D eigenvalue weighted by molar-refractivity contribution is 0.0951. The van der Waals surface area contributed by atoms with Crippen molar-refractivity contribution in [2.24, 2.45) is 0 Å². The Morgan fingerprint density at radius 3 is 2.46 bits per heavy atom. The lowest BCUT2D eigenvalue weighted by Gasteiger charge is -2.11. The van der Waals surface area contributed by atoms with Crippen molar-refractivity contribution in [3.63, 3.8) is 0 Å². The molecule has 0 saturated carbocycles. The minimum absolute atomic E-state index is 0.131. The number of carbonyl (C=O) groups excluding carboxylic acids is 1. The first-order chi connectivity index (χ1) is 12.7. The topological polar surface area (TPSA) is 80.0 Å². The molecule has 2 N–H and O–H groups in total. The van der Waals surface area contributed by atoms with E-state index in [1.165, 1.54) is 5.56 Å². The van der Waals surface area contributed by atoms with Crippen LogP contribution < -0.4 is 10.6 Å². The van der Waals surface area contributed by atoms with E-state index in [1.807, 2.05) is 56.3 Å². The second-order valence-electron chi connectivity index (χ2n) is 6.01. The van der Waals surface area contributed by atoms with Gasteiger partial charge in [0.05, 0.1) is 12.1 Å². The predicted octanol–water partition coefficient (Wildman–Crippen LogP) is 3.48. The summed E-state index contributed by atoms with van der Waals surface area (Å²) in [5.41, 5.74) is 3.56. The van der Waals surface area contributed by atoms with Crippen molar-refractivity contribution in [2.75, 3.05) is 5.32 Å². The number of rotatable bonds is 7. The highest BCUT2D eigenvalue weighted by Gasteiger charge is 2.12. The number of nitrogens with one attached hydrogen (secondary N) is 2. The molecule has 0 atom stereocenters. The van der Waals surface area contributed by atoms with Crippen molar-refractivity contribution in [1.82, 2.24) is 15.5 Å². The van der Waals surface area contributed by atoms with Gasteiger partial charge in [-0.3, -0.25) is 4.79 Å². The van der Waals surface area contributed by atoms with E-state index in [0.29, 0.717) is 36.9 Å². The van der Waals surface area contributed by atoms with Gasteiger partial charge in [-0.15, -0.1) is 10.2 Å². The van der Waals surface area contributed by atoms with Crippen molar-refractivity contribution in [1.29, 1.82) is 0 Å². The van der Waals surface area contributed by atoms with E-state index in [9.17, 15) is 4.79 Å². The van der Waals surface area contributed by atoms with Crippen LogP contribution in [0, 0.1) is 6.92 Å². The molecule has 0 bridgehead atoms. The van der Waals surface area contributed by atoms with Crippen LogP contribution in [0.15, 0.2) is 52.9 Å². The fourth-order valence-corrected chi connectivity index (χ4v) is 2.49. The van der Waals surface area contributed by atoms with Crippen LogP contribution in [0.2, 0.25) is 0 Å². The molecule has 0 radical (unpaired) electrons. The molecular formula is C20H22N4O2. The zero-order chi connectivity index (χ0) is 18.4. The Labute approximate surface area is 152 Å². The number of hydrogen-bond donors (Lipinski definition) is 2. The minimum atomic E-state index is -0.131. The van der Waals surface area contributed by atoms with Crippen LogP contribution in [0.3, 0.4) is 0 Å². The van der Waals surface area contributed by atoms with Crippen LogP contribution in [-0.2, 0) is 19.5 Å². The summed E-state index contributed by atoms with van der Waals surface area (Å²) < 4.78 is 5.48. The lowest BCUT2D eigenvalue weighted by atomic mass is 10.1. The van der Waals surface area contributed by atoms with Crippen molar-refractivity contribution in [2.45, 2.75) is 33.4 Å². The summed E-state index contributed by atoms with van der Waals surface area (Å²) in [5, 5.41) is 14.1. The molecule has 0 aliphatic carbocycles. The molecule has 2 aromatic carbocycles. The summed E-state index contributed by atoms with van der Waals surface area (Å²) in [6.45, 7) is 4.85. The number of carbonyl (C=O) groups is 1. The van der Waals surface area contributed by atoms with Crippen LogP contribution in [0.4, 0.5) is 5.69 Å². The molecule has 1 amide bonds. The molecule has 3 aromatic rings. The largest absolute Gasteiger partial charge is 0.423 e. The third-order valence-corrected chi connectivity index (χ3v) is 3.99. The van der Waals surface area contributed by atoms with Crippen LogP contribution in [-0.4, -0.2) is 16.1 Å². The van der Waals surface area contributed by atoms with E-state index in [4.69, 9.17) is 4.42 Å². The quantitative estimate of drug-likeness (QED) is 0.682. The standard InChI is InChI=1S/C20H22N4O2/c1-3-18-23-24-19(26-18)13-21-17-7-5-4-6-16(17)20(25)22-12-15-10-8-14(2)9-11-15/h4-11,21H,3,12-13H2,1-2H3,(H,22,25). The molecule has 0 spiro atoms. The molecule has 0 unspecified atom stereocenters. The first-order valence-electron chi connectivity index (χ1n) is 8.63. The number of benzene rings is 2. The maximum Gasteiger partial charge on any atom is 0.253 e. The van der Waals surface area contributed by atoms with Gasteiger partial charge in [0.2, 0.25) is 11.8 Å². The molecule has 0 fully saturated rings. The Hall–Kier alpha value is -3.15. The number of nitrogens with zero attached hydrogens (tertiary/aromatic N) is 2. The van der Waals surface area contributed by atoms with Gasteiger partial charge >= 0.3 is 0 Å². The summed E-state index contributed by atoms with van der Waals surface area (Å²) >= 11 is 0. The van der Waals surface area contributed by atoms with Gasteiger partial charge in [0.25, 0.3) is 5.91 Å². The number of para-hydroxylation sites is 1. The number of anilines is 1.